The van der Waals surface area contributed by atoms with E-state index >= 15 is 0 Å². The zero-order valence-corrected chi connectivity index (χ0v) is 10.2. The molecule has 2 aromatic rings. The minimum absolute atomic E-state index is 0.520. The molecular weight excluding hydrogens is 214 g/mol. The Hall–Kier alpha value is -1.75. The van der Waals surface area contributed by atoms with Crippen LogP contribution in [0.3, 0.4) is 0 Å². The Balaban J connectivity index is 2.58. The second kappa shape index (κ2) is 5.05. The molecule has 0 aromatic carbocycles. The molecule has 0 unspecified atom stereocenters. The van der Waals surface area contributed by atoms with E-state index in [0.29, 0.717) is 6.54 Å². The van der Waals surface area contributed by atoms with Crippen LogP contribution in [0.4, 0.5) is 0 Å². The Labute approximate surface area is 101 Å². The lowest BCUT2D eigenvalue weighted by molar-refractivity contribution is 0.753. The van der Waals surface area contributed by atoms with Gasteiger partial charge in [0.2, 0.25) is 0 Å². The molecule has 0 amide bonds. The maximum Gasteiger partial charge on any atom is 0.175 e. The van der Waals surface area contributed by atoms with Crippen LogP contribution in [0.25, 0.3) is 5.82 Å². The summed E-state index contributed by atoms with van der Waals surface area (Å²) in [7, 11) is 0. The number of nitrogens with two attached hydrogens (primary N) is 1. The van der Waals surface area contributed by atoms with Gasteiger partial charge in [-0.25, -0.2) is 4.68 Å². The predicted octanol–water partition coefficient (Wildman–Crippen LogP) is 1.25. The molecule has 0 aliphatic heterocycles. The minimum atomic E-state index is 0.520. The fourth-order valence-corrected chi connectivity index (χ4v) is 2.01. The number of hydrogen-bond acceptors (Lipinski definition) is 4. The van der Waals surface area contributed by atoms with Crippen molar-refractivity contribution in [3.8, 4) is 5.82 Å². The highest BCUT2D eigenvalue weighted by Crippen LogP contribution is 2.18. The van der Waals surface area contributed by atoms with Crippen LogP contribution < -0.4 is 5.73 Å². The normalized spacial score (nSPS) is 10.8. The molecule has 2 rings (SSSR count). The van der Waals surface area contributed by atoms with Crippen molar-refractivity contribution < 1.29 is 0 Å². The molecule has 0 aliphatic rings. The zero-order valence-electron chi connectivity index (χ0n) is 10.2. The molecule has 0 fully saturated rings. The van der Waals surface area contributed by atoms with Crippen LogP contribution in [0.2, 0.25) is 0 Å². The average molecular weight is 231 g/mol. The summed E-state index contributed by atoms with van der Waals surface area (Å²) in [6.07, 6.45) is 3.42. The second-order valence-corrected chi connectivity index (χ2v) is 3.78. The molecule has 0 radical (unpaired) electrons. The smallest absolute Gasteiger partial charge is 0.175 e. The van der Waals surface area contributed by atoms with Gasteiger partial charge >= 0.3 is 0 Å². The number of aromatic nitrogens is 4. The maximum absolute atomic E-state index is 5.80. The zero-order chi connectivity index (χ0) is 12.3. The Morgan fingerprint density at radius 2 is 2.12 bits per heavy atom. The van der Waals surface area contributed by atoms with Gasteiger partial charge in [0, 0.05) is 18.3 Å². The van der Waals surface area contributed by atoms with Gasteiger partial charge in [0.1, 0.15) is 0 Å². The van der Waals surface area contributed by atoms with Crippen LogP contribution in [0.5, 0.6) is 0 Å². The van der Waals surface area contributed by atoms with E-state index in [1.807, 2.05) is 16.8 Å². The first kappa shape index (κ1) is 11.7. The summed E-state index contributed by atoms with van der Waals surface area (Å²) in [6.45, 7) is 4.71. The summed E-state index contributed by atoms with van der Waals surface area (Å²) in [4.78, 5) is 0. The van der Waals surface area contributed by atoms with Crippen molar-refractivity contribution in [2.45, 2.75) is 33.2 Å². The van der Waals surface area contributed by atoms with E-state index in [1.165, 1.54) is 0 Å². The Morgan fingerprint density at radius 1 is 1.29 bits per heavy atom. The lowest BCUT2D eigenvalue weighted by atomic mass is 10.1. The van der Waals surface area contributed by atoms with Gasteiger partial charge in [-0.1, -0.05) is 13.8 Å². The van der Waals surface area contributed by atoms with Crippen molar-refractivity contribution in [1.29, 1.82) is 0 Å². The molecule has 2 N–H and O–H groups in total. The van der Waals surface area contributed by atoms with Gasteiger partial charge in [0.15, 0.2) is 5.82 Å². The van der Waals surface area contributed by atoms with Crippen LogP contribution in [0.1, 0.15) is 30.8 Å². The van der Waals surface area contributed by atoms with E-state index in [-0.39, 0.29) is 0 Å². The standard InChI is InChI=1S/C12H17N5/c1-3-10-9(8-13)11(4-2)17(16-10)12-6-5-7-14-15-12/h5-7H,3-4,8,13H2,1-2H3. The molecular formula is C12H17N5. The van der Waals surface area contributed by atoms with Crippen LogP contribution in [0.15, 0.2) is 18.3 Å². The maximum atomic E-state index is 5.80. The average Bonchev–Trinajstić information content (AvgIpc) is 2.77. The van der Waals surface area contributed by atoms with Crippen LogP contribution in [-0.2, 0) is 19.4 Å². The third-order valence-corrected chi connectivity index (χ3v) is 2.82. The molecule has 2 heterocycles. The molecule has 0 spiro atoms. The summed E-state index contributed by atoms with van der Waals surface area (Å²) < 4.78 is 1.86. The summed E-state index contributed by atoms with van der Waals surface area (Å²) in [5, 5.41) is 12.5. The monoisotopic (exact) mass is 231 g/mol. The number of nitrogens with zero attached hydrogens (tertiary/aromatic N) is 4. The summed E-state index contributed by atoms with van der Waals surface area (Å²) in [5.74, 6) is 0.749. The predicted molar refractivity (Wildman–Crippen MR) is 65.8 cm³/mol. The molecule has 5 heteroatoms. The molecule has 0 aliphatic carbocycles. The molecule has 5 nitrogen and oxygen atoms in total. The second-order valence-electron chi connectivity index (χ2n) is 3.78. The van der Waals surface area contributed by atoms with Gasteiger partial charge in [-0.15, -0.1) is 5.10 Å². The van der Waals surface area contributed by atoms with Gasteiger partial charge in [-0.3, -0.25) is 0 Å². The van der Waals surface area contributed by atoms with Crippen molar-refractivity contribution in [1.82, 2.24) is 20.0 Å². The van der Waals surface area contributed by atoms with E-state index < -0.39 is 0 Å². The van der Waals surface area contributed by atoms with Gasteiger partial charge in [-0.2, -0.15) is 10.2 Å². The largest absolute Gasteiger partial charge is 0.326 e. The van der Waals surface area contributed by atoms with E-state index in [2.05, 4.69) is 29.1 Å². The first-order chi connectivity index (χ1) is 8.31. The highest BCUT2D eigenvalue weighted by molar-refractivity contribution is 5.33. The molecule has 0 atom stereocenters. The lowest BCUT2D eigenvalue weighted by Crippen LogP contribution is -2.06. The van der Waals surface area contributed by atoms with Crippen LogP contribution in [0, 0.1) is 0 Å². The SMILES string of the molecule is CCc1nn(-c2cccnn2)c(CC)c1CN. The molecule has 17 heavy (non-hydrogen) atoms. The van der Waals surface area contributed by atoms with E-state index in [4.69, 9.17) is 5.73 Å². The van der Waals surface area contributed by atoms with Crippen molar-refractivity contribution in [3.05, 3.63) is 35.3 Å². The fourth-order valence-electron chi connectivity index (χ4n) is 2.01. The first-order valence-electron chi connectivity index (χ1n) is 5.89. The molecule has 0 bridgehead atoms. The number of aryl methyl sites for hydroxylation is 1. The summed E-state index contributed by atoms with van der Waals surface area (Å²) in [5.41, 5.74) is 9.12. The van der Waals surface area contributed by atoms with Crippen LogP contribution >= 0.6 is 0 Å². The quantitative estimate of drug-likeness (QED) is 0.859. The summed E-state index contributed by atoms with van der Waals surface area (Å²) >= 11 is 0. The molecule has 2 aromatic heterocycles. The fraction of sp³-hybridized carbons (Fsp3) is 0.417. The van der Waals surface area contributed by atoms with Crippen molar-refractivity contribution in [3.63, 3.8) is 0 Å². The van der Waals surface area contributed by atoms with Gasteiger partial charge in [-0.05, 0) is 25.0 Å². The highest BCUT2D eigenvalue weighted by atomic mass is 15.3. The molecule has 0 saturated heterocycles. The highest BCUT2D eigenvalue weighted by Gasteiger charge is 2.15. The number of hydrogen-bond donors (Lipinski definition) is 1. The van der Waals surface area contributed by atoms with E-state index in [1.54, 1.807) is 6.20 Å². The van der Waals surface area contributed by atoms with Gasteiger partial charge < -0.3 is 5.73 Å². The first-order valence-corrected chi connectivity index (χ1v) is 5.89. The third-order valence-electron chi connectivity index (χ3n) is 2.82. The summed E-state index contributed by atoms with van der Waals surface area (Å²) in [6, 6.07) is 3.76. The topological polar surface area (TPSA) is 69.6 Å². The van der Waals surface area contributed by atoms with E-state index in [9.17, 15) is 0 Å². The lowest BCUT2D eigenvalue weighted by Gasteiger charge is -2.04. The van der Waals surface area contributed by atoms with E-state index in [0.717, 1.165) is 35.6 Å². The van der Waals surface area contributed by atoms with Crippen molar-refractivity contribution >= 4 is 0 Å². The third kappa shape index (κ3) is 2.06. The molecule has 0 saturated carbocycles. The minimum Gasteiger partial charge on any atom is -0.326 e. The van der Waals surface area contributed by atoms with Gasteiger partial charge in [0.25, 0.3) is 0 Å². The Morgan fingerprint density at radius 3 is 2.65 bits per heavy atom. The van der Waals surface area contributed by atoms with Crippen molar-refractivity contribution in [2.75, 3.05) is 0 Å². The molecule has 90 valence electrons. The Bertz CT molecular complexity index is 489. The Kier molecular flexibility index (Phi) is 3.49. The number of rotatable bonds is 4. The van der Waals surface area contributed by atoms with Crippen LogP contribution in [-0.4, -0.2) is 20.0 Å². The van der Waals surface area contributed by atoms with Gasteiger partial charge in [0.05, 0.1) is 11.4 Å². The van der Waals surface area contributed by atoms with Crippen molar-refractivity contribution in [2.24, 2.45) is 5.73 Å².